The van der Waals surface area contributed by atoms with Gasteiger partial charge in [0.15, 0.2) is 0 Å². The summed E-state index contributed by atoms with van der Waals surface area (Å²) in [6.07, 6.45) is -4.85. The van der Waals surface area contributed by atoms with E-state index in [4.69, 9.17) is 23.9 Å². The minimum absolute atomic E-state index is 0.372. The molecule has 2 heteroatoms. The second-order valence-corrected chi connectivity index (χ2v) is 5.88. The molecule has 1 aliphatic heterocycles. The number of hydrogen-bond donors (Lipinski definition) is 1. The van der Waals surface area contributed by atoms with Gasteiger partial charge in [0, 0.05) is 36.6 Å². The Kier molecular flexibility index (Phi) is 1.66. The Balaban J connectivity index is 2.59. The average Bonchev–Trinajstić information content (AvgIpc) is 2.69. The lowest BCUT2D eigenvalue weighted by atomic mass is 9.68. The molecule has 23 heavy (non-hydrogen) atoms. The number of phenolic OH excluding ortho intramolecular Hbond substituents is 1. The fraction of sp³-hybridized carbons (Fsp3) is 0.619. The zero-order chi connectivity index (χ0) is 29.5. The molecule has 0 aromatic heterocycles. The summed E-state index contributed by atoms with van der Waals surface area (Å²) in [6.45, 7) is -9.05. The number of aromatic hydroxyl groups is 1. The minimum Gasteiger partial charge on any atom is -0.507 e. The van der Waals surface area contributed by atoms with E-state index >= 15 is 0 Å². The first-order chi connectivity index (χ1) is 16.9. The number of phenols is 1. The molecule has 0 saturated heterocycles. The Bertz CT molecular complexity index is 1120. The number of unbranched alkanes of at least 4 members (excludes halogenated alkanes) is 2. The van der Waals surface area contributed by atoms with Gasteiger partial charge in [0.25, 0.3) is 0 Å². The molecule has 2 aliphatic rings. The Morgan fingerprint density at radius 2 is 2.35 bits per heavy atom. The summed E-state index contributed by atoms with van der Waals surface area (Å²) >= 11 is 0. The lowest BCUT2D eigenvalue weighted by Gasteiger charge is -2.46. The van der Waals surface area contributed by atoms with Crippen molar-refractivity contribution in [1.82, 2.24) is 0 Å². The van der Waals surface area contributed by atoms with E-state index in [0.717, 1.165) is 12.8 Å². The fourth-order valence-corrected chi connectivity index (χ4v) is 2.95. The minimum atomic E-state index is -3.86. The molecule has 2 atom stereocenters. The highest BCUT2D eigenvalue weighted by Crippen LogP contribution is 2.53. The van der Waals surface area contributed by atoms with Crippen molar-refractivity contribution < 1.29 is 30.4 Å². The summed E-state index contributed by atoms with van der Waals surface area (Å²) in [7, 11) is 0. The van der Waals surface area contributed by atoms with Crippen LogP contribution in [0.5, 0.6) is 11.5 Å². The Morgan fingerprint density at radius 3 is 3.09 bits per heavy atom. The van der Waals surface area contributed by atoms with Crippen molar-refractivity contribution in [3.63, 3.8) is 0 Å². The van der Waals surface area contributed by atoms with Gasteiger partial charge >= 0.3 is 0 Å². The van der Waals surface area contributed by atoms with Crippen LogP contribution in [0.2, 0.25) is 0 Å². The van der Waals surface area contributed by atoms with Gasteiger partial charge in [0.1, 0.15) is 17.1 Å². The molecule has 0 bridgehead atoms. The van der Waals surface area contributed by atoms with Gasteiger partial charge in [-0.2, -0.15) is 0 Å². The second kappa shape index (κ2) is 6.22. The summed E-state index contributed by atoms with van der Waals surface area (Å²) in [5.41, 5.74) is -5.22. The predicted octanol–water partition coefficient (Wildman–Crippen LogP) is 5.74. The smallest absolute Gasteiger partial charge is 0.127 e. The Hall–Kier alpha value is -1.44. The van der Waals surface area contributed by atoms with E-state index in [0.29, 0.717) is 18.4 Å². The van der Waals surface area contributed by atoms with E-state index in [1.54, 1.807) is 0 Å². The van der Waals surface area contributed by atoms with Gasteiger partial charge in [-0.1, -0.05) is 31.4 Å². The van der Waals surface area contributed by atoms with E-state index in [2.05, 4.69) is 0 Å². The maximum atomic E-state index is 11.0. The molecule has 1 N–H and O–H groups in total. The molecule has 1 aromatic rings. The molecule has 126 valence electrons. The first-order valence-electron chi connectivity index (χ1n) is 15.2. The molecule has 1 aromatic carbocycles. The van der Waals surface area contributed by atoms with Gasteiger partial charge in [-0.05, 0) is 63.8 Å². The SMILES string of the molecule is [2H]C1=C(C([2H])([2H])[2H])C([2H])([2H])C([2H])([2H])[C@]2([2H])[C@@H]1c1c(O)cc(CCCCC)cc1OC2(C([2H])([2H])[2H])C([2H])([2H])[2H]. The van der Waals surface area contributed by atoms with Crippen molar-refractivity contribution in [2.75, 3.05) is 0 Å². The molecule has 2 nitrogen and oxygen atoms in total. The van der Waals surface area contributed by atoms with Crippen LogP contribution in [-0.2, 0) is 6.42 Å². The Labute approximate surface area is 161 Å². The number of aryl methyl sites for hydroxylation is 1. The third-order valence-electron chi connectivity index (χ3n) is 4.08. The highest BCUT2D eigenvalue weighted by atomic mass is 16.5. The second-order valence-electron chi connectivity index (χ2n) is 5.88. The van der Waals surface area contributed by atoms with E-state index in [1.165, 1.54) is 12.1 Å². The van der Waals surface area contributed by atoms with Crippen molar-refractivity contribution in [3.05, 3.63) is 34.9 Å². The zero-order valence-electron chi connectivity index (χ0n) is 27.9. The molecule has 0 amide bonds. The number of hydrogen-bond acceptors (Lipinski definition) is 2. The Morgan fingerprint density at radius 1 is 1.48 bits per heavy atom. The van der Waals surface area contributed by atoms with Gasteiger partial charge in [-0.3, -0.25) is 0 Å². The average molecular weight is 330 g/mol. The monoisotopic (exact) mass is 329 g/mol. The number of rotatable bonds is 4. The third-order valence-corrected chi connectivity index (χ3v) is 4.08. The third kappa shape index (κ3) is 3.13. The predicted molar refractivity (Wildman–Crippen MR) is 95.3 cm³/mol. The van der Waals surface area contributed by atoms with Gasteiger partial charge in [0.05, 0.1) is 1.37 Å². The number of ether oxygens (including phenoxy) is 1. The molecule has 0 spiro atoms. The summed E-state index contributed by atoms with van der Waals surface area (Å²) in [5.74, 6) is -7.19. The van der Waals surface area contributed by atoms with Crippen LogP contribution in [0, 0.1) is 5.89 Å². The summed E-state index contributed by atoms with van der Waals surface area (Å²) in [4.78, 5) is 0. The first kappa shape index (κ1) is 6.13. The van der Waals surface area contributed by atoms with Crippen molar-refractivity contribution >= 4 is 0 Å². The van der Waals surface area contributed by atoms with Gasteiger partial charge < -0.3 is 9.84 Å². The number of benzene rings is 1. The van der Waals surface area contributed by atoms with Crippen molar-refractivity contribution in [2.24, 2.45) is 5.89 Å². The summed E-state index contributed by atoms with van der Waals surface area (Å²) in [5, 5.41) is 11.0. The van der Waals surface area contributed by atoms with E-state index in [-0.39, 0.29) is 0 Å². The summed E-state index contributed by atoms with van der Waals surface area (Å²) < 4.78 is 131. The summed E-state index contributed by atoms with van der Waals surface area (Å²) in [6, 6.07) is 1.28. The van der Waals surface area contributed by atoms with Crippen LogP contribution in [0.1, 0.15) is 97.1 Å². The lowest BCUT2D eigenvalue weighted by Crippen LogP contribution is -2.45. The molecule has 3 rings (SSSR count). The maximum Gasteiger partial charge on any atom is 0.127 e. The molecule has 1 heterocycles. The van der Waals surface area contributed by atoms with Crippen molar-refractivity contribution in [3.8, 4) is 11.5 Å². The van der Waals surface area contributed by atoms with Crippen LogP contribution in [0.4, 0.5) is 0 Å². The molecule has 0 unspecified atom stereocenters. The van der Waals surface area contributed by atoms with Gasteiger partial charge in [-0.15, -0.1) is 0 Å². The molecule has 0 saturated carbocycles. The standard InChI is InChI=1S/C21H30O2/c1-5-6-7-8-15-12-18(22)20-16-11-14(2)9-10-17(16)21(3,4)23-19(20)13-15/h11-13,16-17,22H,5-10H2,1-4H3/t16-,17-/m1/s1/i2D3,3D3,4D3,9D2,10D2,11D,17D. The fourth-order valence-electron chi connectivity index (χ4n) is 2.95. The van der Waals surface area contributed by atoms with E-state index < -0.39 is 79.4 Å². The highest BCUT2D eigenvalue weighted by Gasteiger charge is 2.45. The van der Waals surface area contributed by atoms with Crippen LogP contribution in [-0.4, -0.2) is 10.7 Å². The molecule has 1 aliphatic carbocycles. The largest absolute Gasteiger partial charge is 0.507 e. The van der Waals surface area contributed by atoms with Crippen LogP contribution in [0.3, 0.4) is 0 Å². The van der Waals surface area contributed by atoms with Crippen LogP contribution >= 0.6 is 0 Å². The van der Waals surface area contributed by atoms with Crippen LogP contribution in [0.15, 0.2) is 23.8 Å². The highest BCUT2D eigenvalue weighted by molar-refractivity contribution is 5.53. The van der Waals surface area contributed by atoms with E-state index in [9.17, 15) is 6.48 Å². The topological polar surface area (TPSA) is 29.5 Å². The van der Waals surface area contributed by atoms with Crippen molar-refractivity contribution in [2.45, 2.75) is 77.4 Å². The molecule has 0 fully saturated rings. The van der Waals surface area contributed by atoms with E-state index in [1.807, 2.05) is 6.92 Å². The van der Waals surface area contributed by atoms with Crippen molar-refractivity contribution in [1.29, 1.82) is 0 Å². The normalized spacial score (nSPS) is 44.4. The van der Waals surface area contributed by atoms with Gasteiger partial charge in [-0.25, -0.2) is 0 Å². The molecular weight excluding hydrogens is 284 g/mol. The first-order valence-corrected chi connectivity index (χ1v) is 7.71. The zero-order valence-corrected chi connectivity index (χ0v) is 12.9. The molecule has 0 radical (unpaired) electrons. The number of allylic oxidation sites excluding steroid dienone is 2. The molecular formula is C21H30O2. The lowest BCUT2D eigenvalue weighted by molar-refractivity contribution is 0.0107. The quantitative estimate of drug-likeness (QED) is 0.564. The van der Waals surface area contributed by atoms with Crippen LogP contribution < -0.4 is 4.74 Å². The number of fused-ring (bicyclic) bond motifs is 3. The van der Waals surface area contributed by atoms with Crippen LogP contribution in [0.25, 0.3) is 0 Å². The maximum absolute atomic E-state index is 11.0. The van der Waals surface area contributed by atoms with Gasteiger partial charge in [0.2, 0.25) is 0 Å².